The maximum atomic E-state index is 11.9. The third kappa shape index (κ3) is 3.50. The maximum absolute atomic E-state index is 11.9. The zero-order valence-electron chi connectivity index (χ0n) is 12.8. The summed E-state index contributed by atoms with van der Waals surface area (Å²) in [6.07, 6.45) is 2.35. The molecule has 2 aliphatic rings. The highest BCUT2D eigenvalue weighted by Gasteiger charge is 2.43. The molecule has 0 radical (unpaired) electrons. The van der Waals surface area contributed by atoms with E-state index < -0.39 is 17.5 Å². The van der Waals surface area contributed by atoms with Gasteiger partial charge in [0, 0.05) is 5.69 Å². The van der Waals surface area contributed by atoms with E-state index in [1.54, 1.807) is 31.2 Å². The molecule has 4 amide bonds. The van der Waals surface area contributed by atoms with Gasteiger partial charge in [-0.15, -0.1) is 0 Å². The van der Waals surface area contributed by atoms with Gasteiger partial charge in [0.15, 0.2) is 0 Å². The van der Waals surface area contributed by atoms with Gasteiger partial charge in [-0.1, -0.05) is 12.1 Å². The molecule has 0 bridgehead atoms. The van der Waals surface area contributed by atoms with Gasteiger partial charge in [0.1, 0.15) is 12.1 Å². The van der Waals surface area contributed by atoms with E-state index >= 15 is 0 Å². The Morgan fingerprint density at radius 3 is 2.83 bits per heavy atom. The fraction of sp³-hybridized carbons (Fsp3) is 0.438. The van der Waals surface area contributed by atoms with Gasteiger partial charge in [-0.25, -0.2) is 4.79 Å². The molecule has 0 spiro atoms. The van der Waals surface area contributed by atoms with Crippen LogP contribution in [-0.4, -0.2) is 31.1 Å². The second kappa shape index (κ2) is 6.00. The van der Waals surface area contributed by atoms with Gasteiger partial charge in [-0.2, -0.15) is 0 Å². The van der Waals surface area contributed by atoms with Crippen LogP contribution in [0.15, 0.2) is 24.3 Å². The summed E-state index contributed by atoms with van der Waals surface area (Å²) in [6.45, 7) is 2.25. The van der Waals surface area contributed by atoms with E-state index in [1.165, 1.54) is 12.8 Å². The summed E-state index contributed by atoms with van der Waals surface area (Å²) in [4.78, 5) is 35.2. The van der Waals surface area contributed by atoms with E-state index in [9.17, 15) is 14.4 Å². The Labute approximate surface area is 133 Å². The van der Waals surface area contributed by atoms with E-state index in [0.29, 0.717) is 23.8 Å². The molecule has 1 atom stereocenters. The van der Waals surface area contributed by atoms with Crippen molar-refractivity contribution in [3.63, 3.8) is 0 Å². The molecule has 7 nitrogen and oxygen atoms in total. The molecule has 1 aromatic carbocycles. The Bertz CT molecular complexity index is 656. The number of ether oxygens (including phenoxy) is 1. The fourth-order valence-corrected chi connectivity index (χ4v) is 2.45. The van der Waals surface area contributed by atoms with Gasteiger partial charge < -0.3 is 15.4 Å². The van der Waals surface area contributed by atoms with Gasteiger partial charge >= 0.3 is 6.03 Å². The van der Waals surface area contributed by atoms with Crippen LogP contribution in [0.1, 0.15) is 25.3 Å². The van der Waals surface area contributed by atoms with Crippen LogP contribution in [0.4, 0.5) is 10.5 Å². The monoisotopic (exact) mass is 317 g/mol. The van der Waals surface area contributed by atoms with Crippen molar-refractivity contribution >= 4 is 23.5 Å². The van der Waals surface area contributed by atoms with Gasteiger partial charge in [-0.05, 0) is 43.4 Å². The number of anilines is 1. The number of rotatable bonds is 6. The lowest BCUT2D eigenvalue weighted by Crippen LogP contribution is -2.40. The van der Waals surface area contributed by atoms with E-state index in [1.807, 2.05) is 0 Å². The first kappa shape index (κ1) is 15.5. The Morgan fingerprint density at radius 1 is 1.39 bits per heavy atom. The summed E-state index contributed by atoms with van der Waals surface area (Å²) < 4.78 is 5.34. The molecule has 23 heavy (non-hydrogen) atoms. The Hall–Kier alpha value is -2.41. The number of imide groups is 1. The molecular weight excluding hydrogens is 298 g/mol. The van der Waals surface area contributed by atoms with Crippen LogP contribution in [0.2, 0.25) is 0 Å². The van der Waals surface area contributed by atoms with Gasteiger partial charge in [-0.3, -0.25) is 14.9 Å². The quantitative estimate of drug-likeness (QED) is 0.685. The first-order valence-corrected chi connectivity index (χ1v) is 7.59. The summed E-state index contributed by atoms with van der Waals surface area (Å²) >= 11 is 0. The van der Waals surface area contributed by atoms with Crippen LogP contribution in [0, 0.1) is 5.92 Å². The Balaban J connectivity index is 1.63. The van der Waals surface area contributed by atoms with Crippen LogP contribution in [0.25, 0.3) is 0 Å². The first-order valence-electron chi connectivity index (χ1n) is 7.59. The van der Waals surface area contributed by atoms with Crippen molar-refractivity contribution in [1.82, 2.24) is 10.6 Å². The Kier molecular flexibility index (Phi) is 4.04. The lowest BCUT2D eigenvalue weighted by molar-refractivity contribution is -0.123. The van der Waals surface area contributed by atoms with Crippen molar-refractivity contribution in [3.05, 3.63) is 29.8 Å². The molecule has 1 aromatic rings. The third-order valence-corrected chi connectivity index (χ3v) is 4.05. The highest BCUT2D eigenvalue weighted by atomic mass is 16.5. The molecule has 1 aliphatic heterocycles. The van der Waals surface area contributed by atoms with E-state index in [0.717, 1.165) is 0 Å². The largest absolute Gasteiger partial charge is 0.371 e. The molecule has 1 saturated heterocycles. The lowest BCUT2D eigenvalue weighted by atomic mass is 9.92. The van der Waals surface area contributed by atoms with Crippen molar-refractivity contribution in [1.29, 1.82) is 0 Å². The predicted molar refractivity (Wildman–Crippen MR) is 82.6 cm³/mol. The van der Waals surface area contributed by atoms with Crippen molar-refractivity contribution in [2.75, 3.05) is 18.5 Å². The molecule has 122 valence electrons. The van der Waals surface area contributed by atoms with Crippen LogP contribution in [0.5, 0.6) is 0 Å². The number of benzene rings is 1. The molecule has 7 heteroatoms. The molecule has 3 rings (SSSR count). The normalized spacial score (nSPS) is 23.3. The van der Waals surface area contributed by atoms with Crippen LogP contribution < -0.4 is 16.0 Å². The number of hydrogen-bond donors (Lipinski definition) is 3. The second-order valence-corrected chi connectivity index (χ2v) is 6.12. The summed E-state index contributed by atoms with van der Waals surface area (Å²) in [7, 11) is 0. The second-order valence-electron chi connectivity index (χ2n) is 6.12. The minimum absolute atomic E-state index is 0.00914. The van der Waals surface area contributed by atoms with Crippen molar-refractivity contribution in [2.24, 2.45) is 5.92 Å². The number of nitrogens with one attached hydrogen (secondary N) is 3. The van der Waals surface area contributed by atoms with Crippen molar-refractivity contribution in [3.8, 4) is 0 Å². The fourth-order valence-electron chi connectivity index (χ4n) is 2.45. The van der Waals surface area contributed by atoms with Crippen molar-refractivity contribution in [2.45, 2.75) is 25.3 Å². The molecule has 1 heterocycles. The highest BCUT2D eigenvalue weighted by Crippen LogP contribution is 2.29. The number of hydrogen-bond acceptors (Lipinski definition) is 4. The molecule has 2 fully saturated rings. The van der Waals surface area contributed by atoms with Crippen LogP contribution >= 0.6 is 0 Å². The number of carbonyl (C=O) groups is 3. The molecule has 1 aliphatic carbocycles. The topological polar surface area (TPSA) is 96.5 Å². The molecule has 1 saturated carbocycles. The number of carbonyl (C=O) groups excluding carboxylic acids is 3. The van der Waals surface area contributed by atoms with Crippen molar-refractivity contribution < 1.29 is 19.1 Å². The zero-order valence-corrected chi connectivity index (χ0v) is 12.8. The minimum Gasteiger partial charge on any atom is -0.371 e. The third-order valence-electron chi connectivity index (χ3n) is 4.05. The smallest absolute Gasteiger partial charge is 0.322 e. The first-order chi connectivity index (χ1) is 11.0. The Morgan fingerprint density at radius 2 is 2.17 bits per heavy atom. The average Bonchev–Trinajstić information content (AvgIpc) is 3.26. The SMILES string of the molecule is C[C@]1(c2cccc(NC(=O)COCC3CC3)c2)NC(=O)NC1=O. The minimum atomic E-state index is -1.14. The maximum Gasteiger partial charge on any atom is 0.322 e. The summed E-state index contributed by atoms with van der Waals surface area (Å²) in [5.74, 6) is -0.0535. The van der Waals surface area contributed by atoms with Crippen LogP contribution in [-0.2, 0) is 19.9 Å². The van der Waals surface area contributed by atoms with Crippen LogP contribution in [0.3, 0.4) is 0 Å². The number of amides is 4. The molecule has 3 N–H and O–H groups in total. The van der Waals surface area contributed by atoms with E-state index in [2.05, 4.69) is 16.0 Å². The molecule has 0 aromatic heterocycles. The van der Waals surface area contributed by atoms with E-state index in [-0.39, 0.29) is 12.5 Å². The van der Waals surface area contributed by atoms with Gasteiger partial charge in [0.2, 0.25) is 5.91 Å². The number of urea groups is 1. The summed E-state index contributed by atoms with van der Waals surface area (Å²) in [5, 5.41) is 7.54. The zero-order chi connectivity index (χ0) is 16.4. The standard InChI is InChI=1S/C16H19N3O4/c1-16(14(21)18-15(22)19-16)11-3-2-4-12(7-11)17-13(20)9-23-8-10-5-6-10/h2-4,7,10H,5-6,8-9H2,1H3,(H,17,20)(H2,18,19,21,22)/t16-/m1/s1. The van der Waals surface area contributed by atoms with Gasteiger partial charge in [0.05, 0.1) is 6.61 Å². The molecule has 0 unspecified atom stereocenters. The summed E-state index contributed by atoms with van der Waals surface area (Å²) in [6, 6.07) is 6.31. The molecular formula is C16H19N3O4. The van der Waals surface area contributed by atoms with E-state index in [4.69, 9.17) is 4.74 Å². The summed E-state index contributed by atoms with van der Waals surface area (Å²) in [5.41, 5.74) is 0.00978. The lowest BCUT2D eigenvalue weighted by Gasteiger charge is -2.21. The van der Waals surface area contributed by atoms with Gasteiger partial charge in [0.25, 0.3) is 5.91 Å². The predicted octanol–water partition coefficient (Wildman–Crippen LogP) is 1.11. The average molecular weight is 317 g/mol. The highest BCUT2D eigenvalue weighted by molar-refractivity contribution is 6.07.